The first kappa shape index (κ1) is 14.7. The Balaban J connectivity index is 1.94. The van der Waals surface area contributed by atoms with Crippen molar-refractivity contribution < 1.29 is 9.21 Å². The van der Waals surface area contributed by atoms with Crippen LogP contribution in [0.4, 0.5) is 5.69 Å². The summed E-state index contributed by atoms with van der Waals surface area (Å²) in [5.41, 5.74) is 3.90. The zero-order valence-corrected chi connectivity index (χ0v) is 12.9. The first-order chi connectivity index (χ1) is 9.45. The molecule has 1 heterocycles. The molecule has 0 bridgehead atoms. The van der Waals surface area contributed by atoms with Crippen molar-refractivity contribution in [2.45, 2.75) is 32.9 Å². The van der Waals surface area contributed by atoms with Crippen LogP contribution in [0, 0.1) is 27.7 Å². The maximum Gasteiger partial charge on any atom is 0.256 e. The maximum absolute atomic E-state index is 11.9. The highest BCUT2D eigenvalue weighted by atomic mass is 32.2. The van der Waals surface area contributed by atoms with Crippen LogP contribution in [0.2, 0.25) is 0 Å². The summed E-state index contributed by atoms with van der Waals surface area (Å²) in [6, 6.07) is 5.99. The number of oxazole rings is 1. The summed E-state index contributed by atoms with van der Waals surface area (Å²) in [6.45, 7) is 7.73. The third kappa shape index (κ3) is 3.63. The number of thioether (sulfide) groups is 1. The first-order valence-electron chi connectivity index (χ1n) is 6.39. The Morgan fingerprint density at radius 3 is 2.70 bits per heavy atom. The summed E-state index contributed by atoms with van der Waals surface area (Å²) in [7, 11) is 0. The smallest absolute Gasteiger partial charge is 0.256 e. The number of aromatic nitrogens is 1. The third-order valence-electron chi connectivity index (χ3n) is 3.00. The minimum absolute atomic E-state index is 0.0581. The van der Waals surface area contributed by atoms with Gasteiger partial charge in [0.2, 0.25) is 5.91 Å². The van der Waals surface area contributed by atoms with E-state index in [-0.39, 0.29) is 11.7 Å². The van der Waals surface area contributed by atoms with Gasteiger partial charge in [0.1, 0.15) is 5.76 Å². The van der Waals surface area contributed by atoms with Crippen molar-refractivity contribution in [2.24, 2.45) is 0 Å². The Labute approximate surface area is 123 Å². The van der Waals surface area contributed by atoms with Crippen molar-refractivity contribution in [2.75, 3.05) is 11.1 Å². The molecule has 0 atom stereocenters. The van der Waals surface area contributed by atoms with Gasteiger partial charge in [0.05, 0.1) is 11.4 Å². The van der Waals surface area contributed by atoms with Gasteiger partial charge in [-0.2, -0.15) is 0 Å². The quantitative estimate of drug-likeness (QED) is 0.873. The molecule has 0 saturated heterocycles. The number of rotatable bonds is 4. The Morgan fingerprint density at radius 1 is 1.30 bits per heavy atom. The van der Waals surface area contributed by atoms with Crippen LogP contribution in [-0.4, -0.2) is 16.6 Å². The van der Waals surface area contributed by atoms with Crippen LogP contribution >= 0.6 is 11.8 Å². The second kappa shape index (κ2) is 6.13. The summed E-state index contributed by atoms with van der Waals surface area (Å²) in [5, 5.41) is 3.45. The van der Waals surface area contributed by atoms with Crippen molar-refractivity contribution in [1.29, 1.82) is 0 Å². The molecular formula is C15H18N2O2S. The second-order valence-electron chi connectivity index (χ2n) is 4.78. The molecule has 0 fully saturated rings. The molecule has 0 unspecified atom stereocenters. The average Bonchev–Trinajstić information content (AvgIpc) is 2.71. The zero-order chi connectivity index (χ0) is 14.7. The summed E-state index contributed by atoms with van der Waals surface area (Å²) < 4.78 is 5.43. The van der Waals surface area contributed by atoms with E-state index in [9.17, 15) is 4.79 Å². The van der Waals surface area contributed by atoms with Gasteiger partial charge in [-0.1, -0.05) is 23.9 Å². The van der Waals surface area contributed by atoms with E-state index in [1.807, 2.05) is 45.9 Å². The Bertz CT molecular complexity index is 615. The fraction of sp³-hybridized carbons (Fsp3) is 0.333. The number of hydrogen-bond acceptors (Lipinski definition) is 4. The van der Waals surface area contributed by atoms with Crippen molar-refractivity contribution in [1.82, 2.24) is 4.98 Å². The minimum Gasteiger partial charge on any atom is -0.437 e. The van der Waals surface area contributed by atoms with Gasteiger partial charge in [-0.25, -0.2) is 4.98 Å². The fourth-order valence-electron chi connectivity index (χ4n) is 1.69. The predicted octanol–water partition coefficient (Wildman–Crippen LogP) is 3.64. The number of aryl methyl sites for hydroxylation is 4. The van der Waals surface area contributed by atoms with Gasteiger partial charge in [0.25, 0.3) is 5.22 Å². The SMILES string of the molecule is Cc1ccc(C)c(NC(=O)CSc2nc(C)c(C)o2)c1. The van der Waals surface area contributed by atoms with E-state index in [1.54, 1.807) is 0 Å². The van der Waals surface area contributed by atoms with Crippen LogP contribution in [0.5, 0.6) is 0 Å². The number of amides is 1. The maximum atomic E-state index is 11.9. The van der Waals surface area contributed by atoms with Gasteiger partial charge in [-0.15, -0.1) is 0 Å². The minimum atomic E-state index is -0.0581. The normalized spacial score (nSPS) is 10.6. The van der Waals surface area contributed by atoms with Crippen LogP contribution in [0.15, 0.2) is 27.8 Å². The molecule has 0 aliphatic carbocycles. The molecule has 1 N–H and O–H groups in total. The van der Waals surface area contributed by atoms with Crippen LogP contribution in [0.25, 0.3) is 0 Å². The topological polar surface area (TPSA) is 55.1 Å². The fourth-order valence-corrected chi connectivity index (χ4v) is 2.40. The lowest BCUT2D eigenvalue weighted by molar-refractivity contribution is -0.113. The summed E-state index contributed by atoms with van der Waals surface area (Å²) in [6.07, 6.45) is 0. The molecule has 0 aliphatic heterocycles. The summed E-state index contributed by atoms with van der Waals surface area (Å²) in [5.74, 6) is 1.02. The van der Waals surface area contributed by atoms with Gasteiger partial charge < -0.3 is 9.73 Å². The van der Waals surface area contributed by atoms with Crippen molar-refractivity contribution >= 4 is 23.4 Å². The second-order valence-corrected chi connectivity index (χ2v) is 5.70. The first-order valence-corrected chi connectivity index (χ1v) is 7.38. The molecule has 0 spiro atoms. The summed E-state index contributed by atoms with van der Waals surface area (Å²) in [4.78, 5) is 16.2. The van der Waals surface area contributed by atoms with Gasteiger partial charge in [0, 0.05) is 5.69 Å². The van der Waals surface area contributed by atoms with Crippen molar-refractivity contribution in [3.05, 3.63) is 40.8 Å². The molecular weight excluding hydrogens is 272 g/mol. The lowest BCUT2D eigenvalue weighted by Gasteiger charge is -2.08. The van der Waals surface area contributed by atoms with E-state index >= 15 is 0 Å². The molecule has 1 aromatic heterocycles. The number of nitrogens with zero attached hydrogens (tertiary/aromatic N) is 1. The van der Waals surface area contributed by atoms with Crippen LogP contribution < -0.4 is 5.32 Å². The van der Waals surface area contributed by atoms with E-state index in [0.717, 1.165) is 28.3 Å². The van der Waals surface area contributed by atoms with Gasteiger partial charge >= 0.3 is 0 Å². The summed E-state index contributed by atoms with van der Waals surface area (Å²) >= 11 is 1.30. The van der Waals surface area contributed by atoms with E-state index in [2.05, 4.69) is 10.3 Å². The molecule has 1 amide bonds. The molecule has 5 heteroatoms. The lowest BCUT2D eigenvalue weighted by atomic mass is 10.1. The van der Waals surface area contributed by atoms with E-state index in [4.69, 9.17) is 4.42 Å². The van der Waals surface area contributed by atoms with Crippen molar-refractivity contribution in [3.63, 3.8) is 0 Å². The molecule has 0 saturated carbocycles. The molecule has 106 valence electrons. The van der Waals surface area contributed by atoms with E-state index in [1.165, 1.54) is 11.8 Å². The molecule has 0 aliphatic rings. The van der Waals surface area contributed by atoms with Crippen LogP contribution in [-0.2, 0) is 4.79 Å². The Kier molecular flexibility index (Phi) is 4.49. The van der Waals surface area contributed by atoms with Gasteiger partial charge in [0.15, 0.2) is 0 Å². The largest absolute Gasteiger partial charge is 0.437 e. The zero-order valence-electron chi connectivity index (χ0n) is 12.1. The lowest BCUT2D eigenvalue weighted by Crippen LogP contribution is -2.14. The molecule has 2 aromatic rings. The number of anilines is 1. The van der Waals surface area contributed by atoms with E-state index in [0.29, 0.717) is 5.22 Å². The number of nitrogens with one attached hydrogen (secondary N) is 1. The molecule has 20 heavy (non-hydrogen) atoms. The van der Waals surface area contributed by atoms with Crippen LogP contribution in [0.1, 0.15) is 22.6 Å². The predicted molar refractivity (Wildman–Crippen MR) is 81.2 cm³/mol. The standard InChI is InChI=1S/C15H18N2O2S/c1-9-5-6-10(2)13(7-9)17-14(18)8-20-15-16-11(3)12(4)19-15/h5-7H,8H2,1-4H3,(H,17,18). The Morgan fingerprint density at radius 2 is 2.05 bits per heavy atom. The number of benzene rings is 1. The highest BCUT2D eigenvalue weighted by molar-refractivity contribution is 7.99. The van der Waals surface area contributed by atoms with Crippen LogP contribution in [0.3, 0.4) is 0 Å². The van der Waals surface area contributed by atoms with E-state index < -0.39 is 0 Å². The molecule has 4 nitrogen and oxygen atoms in total. The number of carbonyl (C=O) groups excluding carboxylic acids is 1. The molecule has 2 rings (SSSR count). The third-order valence-corrected chi connectivity index (χ3v) is 3.83. The molecule has 1 aromatic carbocycles. The average molecular weight is 290 g/mol. The number of carbonyl (C=O) groups is 1. The van der Waals surface area contributed by atoms with Gasteiger partial charge in [-0.05, 0) is 44.9 Å². The Hall–Kier alpha value is -1.75. The molecule has 0 radical (unpaired) electrons. The van der Waals surface area contributed by atoms with Crippen molar-refractivity contribution in [3.8, 4) is 0 Å². The van der Waals surface area contributed by atoms with Gasteiger partial charge in [-0.3, -0.25) is 4.79 Å². The number of hydrogen-bond donors (Lipinski definition) is 1. The monoisotopic (exact) mass is 290 g/mol. The highest BCUT2D eigenvalue weighted by Gasteiger charge is 2.10. The highest BCUT2D eigenvalue weighted by Crippen LogP contribution is 2.21.